The van der Waals surface area contributed by atoms with Gasteiger partial charge in [-0.1, -0.05) is 19.8 Å². The second kappa shape index (κ2) is 9.20. The number of aromatic nitrogens is 4. The minimum atomic E-state index is -0.591. The van der Waals surface area contributed by atoms with E-state index < -0.39 is 11.7 Å². The molecule has 0 amide bonds. The van der Waals surface area contributed by atoms with Gasteiger partial charge in [-0.2, -0.15) is 0 Å². The van der Waals surface area contributed by atoms with Crippen LogP contribution < -0.4 is 4.74 Å². The standard InChI is InChI=1S/C20H20N4O3.C2H6/c1-13-12-24(19(25)27-20(2,3)4)18-17(13)23-15(11-22-18)7-6-14-8-9-21-16(10-14)26-5;1-2/h8-12H,1-5H3;1-2H3. The molecule has 0 unspecified atom stereocenters. The van der Waals surface area contributed by atoms with Crippen LogP contribution in [-0.4, -0.2) is 38.3 Å². The first kappa shape index (κ1) is 21.9. The zero-order chi connectivity index (χ0) is 21.6. The Labute approximate surface area is 171 Å². The highest BCUT2D eigenvalue weighted by Gasteiger charge is 2.21. The van der Waals surface area contributed by atoms with Gasteiger partial charge in [0.25, 0.3) is 0 Å². The first-order valence-corrected chi connectivity index (χ1v) is 9.37. The van der Waals surface area contributed by atoms with E-state index >= 15 is 0 Å². The Morgan fingerprint density at radius 1 is 1.17 bits per heavy atom. The summed E-state index contributed by atoms with van der Waals surface area (Å²) in [4.78, 5) is 25.3. The van der Waals surface area contributed by atoms with Gasteiger partial charge in [-0.25, -0.2) is 24.3 Å². The molecule has 0 saturated heterocycles. The third-order valence-electron chi connectivity index (χ3n) is 3.55. The van der Waals surface area contributed by atoms with Gasteiger partial charge < -0.3 is 9.47 Å². The zero-order valence-electron chi connectivity index (χ0n) is 17.9. The minimum absolute atomic E-state index is 0.442. The predicted molar refractivity (Wildman–Crippen MR) is 112 cm³/mol. The highest BCUT2D eigenvalue weighted by Crippen LogP contribution is 2.19. The van der Waals surface area contributed by atoms with Gasteiger partial charge in [0.2, 0.25) is 5.88 Å². The highest BCUT2D eigenvalue weighted by molar-refractivity contribution is 5.87. The number of pyridine rings is 1. The normalized spacial score (nSPS) is 10.4. The number of aryl methyl sites for hydroxylation is 1. The lowest BCUT2D eigenvalue weighted by atomic mass is 10.2. The fourth-order valence-electron chi connectivity index (χ4n) is 2.39. The van der Waals surface area contributed by atoms with E-state index in [4.69, 9.17) is 9.47 Å². The number of carbonyl (C=O) groups excluding carboxylic acids is 1. The number of hydrogen-bond donors (Lipinski definition) is 0. The summed E-state index contributed by atoms with van der Waals surface area (Å²) in [5.41, 5.74) is 2.54. The number of methoxy groups -OCH3 is 1. The molecule has 0 saturated carbocycles. The van der Waals surface area contributed by atoms with Crippen molar-refractivity contribution >= 4 is 17.3 Å². The van der Waals surface area contributed by atoms with Crippen molar-refractivity contribution in [3.8, 4) is 17.7 Å². The first-order valence-electron chi connectivity index (χ1n) is 9.37. The molecule has 7 nitrogen and oxygen atoms in total. The molecule has 29 heavy (non-hydrogen) atoms. The molecule has 3 aromatic heterocycles. The maximum Gasteiger partial charge on any atom is 0.420 e. The molecule has 0 fully saturated rings. The van der Waals surface area contributed by atoms with Gasteiger partial charge in [-0.05, 0) is 45.2 Å². The van der Waals surface area contributed by atoms with Crippen LogP contribution in [0.5, 0.6) is 5.88 Å². The van der Waals surface area contributed by atoms with Gasteiger partial charge in [-0.15, -0.1) is 0 Å². The Kier molecular flexibility index (Phi) is 6.94. The van der Waals surface area contributed by atoms with Gasteiger partial charge in [0, 0.05) is 24.0 Å². The maximum absolute atomic E-state index is 12.4. The third-order valence-corrected chi connectivity index (χ3v) is 3.55. The number of nitrogens with zero attached hydrogens (tertiary/aromatic N) is 4. The van der Waals surface area contributed by atoms with Crippen LogP contribution in [0.1, 0.15) is 51.4 Å². The molecular weight excluding hydrogens is 368 g/mol. The smallest absolute Gasteiger partial charge is 0.420 e. The van der Waals surface area contributed by atoms with Gasteiger partial charge in [0.05, 0.1) is 13.3 Å². The molecule has 0 aromatic carbocycles. The van der Waals surface area contributed by atoms with Gasteiger partial charge in [0.1, 0.15) is 16.8 Å². The molecule has 0 atom stereocenters. The van der Waals surface area contributed by atoms with Crippen molar-refractivity contribution in [3.63, 3.8) is 0 Å². The van der Waals surface area contributed by atoms with Crippen LogP contribution in [0, 0.1) is 18.8 Å². The molecule has 0 N–H and O–H groups in total. The van der Waals surface area contributed by atoms with Crippen LogP contribution in [0.25, 0.3) is 11.2 Å². The van der Waals surface area contributed by atoms with Crippen molar-refractivity contribution < 1.29 is 14.3 Å². The molecule has 152 valence electrons. The number of hydrogen-bond acceptors (Lipinski definition) is 6. The molecular formula is C22H26N4O3. The van der Waals surface area contributed by atoms with E-state index in [1.54, 1.807) is 31.6 Å². The third kappa shape index (κ3) is 5.55. The first-order chi connectivity index (χ1) is 13.8. The molecule has 0 aliphatic rings. The lowest BCUT2D eigenvalue weighted by molar-refractivity contribution is 0.0543. The average Bonchev–Trinajstić information content (AvgIpc) is 3.03. The number of carbonyl (C=O) groups is 1. The van der Waals surface area contributed by atoms with E-state index in [1.807, 2.05) is 41.5 Å². The summed E-state index contributed by atoms with van der Waals surface area (Å²) < 4.78 is 11.9. The summed E-state index contributed by atoms with van der Waals surface area (Å²) in [6.45, 7) is 11.3. The van der Waals surface area contributed by atoms with Gasteiger partial charge in [0.15, 0.2) is 5.65 Å². The second-order valence-electron chi connectivity index (χ2n) is 6.93. The van der Waals surface area contributed by atoms with Crippen molar-refractivity contribution in [2.75, 3.05) is 7.11 Å². The Hall–Kier alpha value is -3.40. The largest absolute Gasteiger partial charge is 0.481 e. The van der Waals surface area contributed by atoms with Crippen molar-refractivity contribution in [3.05, 3.63) is 47.5 Å². The molecule has 3 heterocycles. The zero-order valence-corrected chi connectivity index (χ0v) is 17.9. The van der Waals surface area contributed by atoms with E-state index in [0.29, 0.717) is 22.7 Å². The summed E-state index contributed by atoms with van der Waals surface area (Å²) >= 11 is 0. The second-order valence-corrected chi connectivity index (χ2v) is 6.93. The minimum Gasteiger partial charge on any atom is -0.481 e. The molecule has 0 radical (unpaired) electrons. The fourth-order valence-corrected chi connectivity index (χ4v) is 2.39. The lowest BCUT2D eigenvalue weighted by Crippen LogP contribution is -2.26. The van der Waals surface area contributed by atoms with Crippen molar-refractivity contribution in [1.29, 1.82) is 0 Å². The molecule has 3 aromatic rings. The van der Waals surface area contributed by atoms with Crippen molar-refractivity contribution in [2.24, 2.45) is 0 Å². The monoisotopic (exact) mass is 394 g/mol. The highest BCUT2D eigenvalue weighted by atomic mass is 16.6. The van der Waals surface area contributed by atoms with Gasteiger partial charge >= 0.3 is 6.09 Å². The quantitative estimate of drug-likeness (QED) is 0.571. The molecule has 0 bridgehead atoms. The Bertz CT molecular complexity index is 1070. The molecule has 3 rings (SSSR count). The summed E-state index contributed by atoms with van der Waals surface area (Å²) in [6.07, 6.45) is 4.35. The Balaban J connectivity index is 0.00000145. The van der Waals surface area contributed by atoms with E-state index in [1.165, 1.54) is 10.8 Å². The molecule has 0 spiro atoms. The van der Waals surface area contributed by atoms with Gasteiger partial charge in [-0.3, -0.25) is 0 Å². The van der Waals surface area contributed by atoms with Crippen LogP contribution in [0.15, 0.2) is 30.7 Å². The van der Waals surface area contributed by atoms with Crippen LogP contribution in [0.2, 0.25) is 0 Å². The van der Waals surface area contributed by atoms with Crippen LogP contribution in [-0.2, 0) is 4.74 Å². The molecule has 7 heteroatoms. The van der Waals surface area contributed by atoms with Crippen LogP contribution in [0.4, 0.5) is 4.79 Å². The Morgan fingerprint density at radius 2 is 1.90 bits per heavy atom. The predicted octanol–water partition coefficient (Wildman–Crippen LogP) is 4.35. The van der Waals surface area contributed by atoms with E-state index in [-0.39, 0.29) is 0 Å². The fraction of sp³-hybridized carbons (Fsp3) is 0.364. The van der Waals surface area contributed by atoms with Crippen LogP contribution >= 0.6 is 0 Å². The lowest BCUT2D eigenvalue weighted by Gasteiger charge is -2.19. The summed E-state index contributed by atoms with van der Waals surface area (Å²) in [6, 6.07) is 3.52. The van der Waals surface area contributed by atoms with Crippen LogP contribution in [0.3, 0.4) is 0 Å². The van der Waals surface area contributed by atoms with E-state index in [9.17, 15) is 4.79 Å². The SMILES string of the molecule is CC.COc1cc(C#Cc2cnc3c(n2)c(C)cn3C(=O)OC(C)(C)C)ccn1. The summed E-state index contributed by atoms with van der Waals surface area (Å²) in [7, 11) is 1.55. The molecule has 0 aliphatic heterocycles. The van der Waals surface area contributed by atoms with Crippen molar-refractivity contribution in [1.82, 2.24) is 19.5 Å². The average molecular weight is 394 g/mol. The molecule has 0 aliphatic carbocycles. The summed E-state index contributed by atoms with van der Waals surface area (Å²) in [5, 5.41) is 0. The number of fused-ring (bicyclic) bond motifs is 1. The topological polar surface area (TPSA) is 79.1 Å². The maximum atomic E-state index is 12.4. The van der Waals surface area contributed by atoms with E-state index in [2.05, 4.69) is 26.8 Å². The van der Waals surface area contributed by atoms with Crippen molar-refractivity contribution in [2.45, 2.75) is 47.1 Å². The number of ether oxygens (including phenoxy) is 2. The Morgan fingerprint density at radius 3 is 2.55 bits per heavy atom. The number of rotatable bonds is 1. The summed E-state index contributed by atoms with van der Waals surface area (Å²) in [5.74, 6) is 6.48. The van der Waals surface area contributed by atoms with E-state index in [0.717, 1.165) is 11.1 Å².